The van der Waals surface area contributed by atoms with Crippen LogP contribution in [0.1, 0.15) is 17.3 Å². The van der Waals surface area contributed by atoms with E-state index in [0.29, 0.717) is 28.0 Å². The van der Waals surface area contributed by atoms with E-state index in [4.69, 9.17) is 14.6 Å². The summed E-state index contributed by atoms with van der Waals surface area (Å²) in [6.07, 6.45) is 1.53. The summed E-state index contributed by atoms with van der Waals surface area (Å²) in [5.74, 6) is -0.121. The van der Waals surface area contributed by atoms with Gasteiger partial charge >= 0.3 is 5.97 Å². The van der Waals surface area contributed by atoms with Crippen LogP contribution in [-0.2, 0) is 11.3 Å². The van der Waals surface area contributed by atoms with Crippen molar-refractivity contribution in [1.29, 1.82) is 0 Å². The molecule has 0 unspecified atom stereocenters. The molecule has 0 amide bonds. The van der Waals surface area contributed by atoms with Gasteiger partial charge in [-0.2, -0.15) is 0 Å². The Labute approximate surface area is 115 Å². The average Bonchev–Trinajstić information content (AvgIpc) is 2.76. The van der Waals surface area contributed by atoms with Crippen LogP contribution in [-0.4, -0.2) is 35.6 Å². The van der Waals surface area contributed by atoms with Crippen LogP contribution in [0.15, 0.2) is 18.3 Å². The number of ketones is 1. The Morgan fingerprint density at radius 1 is 1.25 bits per heavy atom. The molecule has 6 heteroatoms. The Bertz CT molecular complexity index is 686. The number of carbonyl (C=O) groups excluding carboxylic acids is 1. The molecule has 20 heavy (non-hydrogen) atoms. The van der Waals surface area contributed by atoms with E-state index in [2.05, 4.69) is 0 Å². The summed E-state index contributed by atoms with van der Waals surface area (Å²) in [6.45, 7) is 1.20. The van der Waals surface area contributed by atoms with E-state index < -0.39 is 5.97 Å². The number of fused-ring (bicyclic) bond motifs is 1. The molecule has 1 N–H and O–H groups in total. The van der Waals surface area contributed by atoms with E-state index in [1.54, 1.807) is 12.1 Å². The van der Waals surface area contributed by atoms with Crippen LogP contribution in [0.3, 0.4) is 0 Å². The van der Waals surface area contributed by atoms with E-state index >= 15 is 0 Å². The third-order valence-corrected chi connectivity index (χ3v) is 3.06. The quantitative estimate of drug-likeness (QED) is 0.845. The van der Waals surface area contributed by atoms with Crippen molar-refractivity contribution in [1.82, 2.24) is 4.57 Å². The van der Waals surface area contributed by atoms with E-state index in [0.717, 1.165) is 0 Å². The fraction of sp³-hybridized carbons (Fsp3) is 0.286. The van der Waals surface area contributed by atoms with Crippen molar-refractivity contribution in [3.05, 3.63) is 23.9 Å². The summed E-state index contributed by atoms with van der Waals surface area (Å²) in [7, 11) is 3.00. The largest absolute Gasteiger partial charge is 0.497 e. The van der Waals surface area contributed by atoms with Crippen LogP contribution in [0.2, 0.25) is 0 Å². The molecule has 0 spiro atoms. The van der Waals surface area contributed by atoms with E-state index in [9.17, 15) is 9.59 Å². The highest BCUT2D eigenvalue weighted by Gasteiger charge is 2.18. The number of hydrogen-bond acceptors (Lipinski definition) is 4. The maximum atomic E-state index is 11.7. The summed E-state index contributed by atoms with van der Waals surface area (Å²) < 4.78 is 12.0. The van der Waals surface area contributed by atoms with E-state index in [1.165, 1.54) is 31.9 Å². The molecule has 0 aliphatic carbocycles. The predicted octanol–water partition coefficient (Wildman–Crippen LogP) is 1.95. The van der Waals surface area contributed by atoms with Crippen molar-refractivity contribution in [2.45, 2.75) is 13.5 Å². The van der Waals surface area contributed by atoms with Gasteiger partial charge in [-0.3, -0.25) is 9.59 Å². The van der Waals surface area contributed by atoms with Crippen molar-refractivity contribution >= 4 is 22.7 Å². The molecule has 2 aromatic rings. The Morgan fingerprint density at radius 3 is 2.45 bits per heavy atom. The maximum absolute atomic E-state index is 11.7. The number of rotatable bonds is 5. The third kappa shape index (κ3) is 2.32. The van der Waals surface area contributed by atoms with Gasteiger partial charge in [0.1, 0.15) is 18.0 Å². The Kier molecular flexibility index (Phi) is 3.65. The summed E-state index contributed by atoms with van der Waals surface area (Å²) >= 11 is 0. The number of benzene rings is 1. The molecule has 0 saturated carbocycles. The fourth-order valence-electron chi connectivity index (χ4n) is 2.19. The monoisotopic (exact) mass is 277 g/mol. The smallest absolute Gasteiger partial charge is 0.323 e. The molecule has 0 fully saturated rings. The molecule has 0 aliphatic rings. The van der Waals surface area contributed by atoms with Crippen LogP contribution in [0.4, 0.5) is 0 Å². The van der Waals surface area contributed by atoms with Gasteiger partial charge in [-0.05, 0) is 6.92 Å². The number of aromatic nitrogens is 1. The van der Waals surface area contributed by atoms with Crippen molar-refractivity contribution in [3.63, 3.8) is 0 Å². The van der Waals surface area contributed by atoms with Gasteiger partial charge in [0.2, 0.25) is 0 Å². The lowest BCUT2D eigenvalue weighted by Crippen LogP contribution is -2.07. The highest BCUT2D eigenvalue weighted by atomic mass is 16.5. The molecule has 0 saturated heterocycles. The molecule has 2 rings (SSSR count). The molecule has 0 bridgehead atoms. The van der Waals surface area contributed by atoms with Gasteiger partial charge in [-0.25, -0.2) is 0 Å². The second kappa shape index (κ2) is 5.24. The fourth-order valence-corrected chi connectivity index (χ4v) is 2.19. The lowest BCUT2D eigenvalue weighted by atomic mass is 10.1. The van der Waals surface area contributed by atoms with Crippen LogP contribution in [0.5, 0.6) is 11.5 Å². The van der Waals surface area contributed by atoms with Crippen molar-refractivity contribution in [2.75, 3.05) is 14.2 Å². The average molecular weight is 277 g/mol. The van der Waals surface area contributed by atoms with Crippen LogP contribution in [0, 0.1) is 0 Å². The zero-order valence-electron chi connectivity index (χ0n) is 11.5. The highest BCUT2D eigenvalue weighted by molar-refractivity contribution is 6.09. The Balaban J connectivity index is 2.81. The van der Waals surface area contributed by atoms with Gasteiger partial charge in [0, 0.05) is 23.9 Å². The minimum absolute atomic E-state index is 0.150. The normalized spacial score (nSPS) is 10.6. The number of carbonyl (C=O) groups is 2. The topological polar surface area (TPSA) is 77.8 Å². The van der Waals surface area contributed by atoms with Gasteiger partial charge in [0.15, 0.2) is 5.78 Å². The van der Waals surface area contributed by atoms with Gasteiger partial charge in [-0.1, -0.05) is 0 Å². The molecular formula is C14H15NO5. The highest BCUT2D eigenvalue weighted by Crippen LogP contribution is 2.35. The molecular weight excluding hydrogens is 262 g/mol. The van der Waals surface area contributed by atoms with Crippen LogP contribution < -0.4 is 9.47 Å². The summed E-state index contributed by atoms with van der Waals surface area (Å²) in [4.78, 5) is 22.7. The van der Waals surface area contributed by atoms with E-state index in [1.807, 2.05) is 0 Å². The van der Waals surface area contributed by atoms with Gasteiger partial charge in [-0.15, -0.1) is 0 Å². The number of nitrogens with zero attached hydrogens (tertiary/aromatic N) is 1. The van der Waals surface area contributed by atoms with Crippen LogP contribution >= 0.6 is 0 Å². The molecule has 106 valence electrons. The summed E-state index contributed by atoms with van der Waals surface area (Å²) in [6, 6.07) is 3.35. The third-order valence-electron chi connectivity index (χ3n) is 3.06. The molecule has 1 heterocycles. The first-order valence-corrected chi connectivity index (χ1v) is 5.95. The van der Waals surface area contributed by atoms with Gasteiger partial charge in [0.25, 0.3) is 0 Å². The second-order valence-corrected chi connectivity index (χ2v) is 4.34. The zero-order valence-corrected chi connectivity index (χ0v) is 11.5. The Hall–Kier alpha value is -2.50. The number of aliphatic carboxylic acids is 1. The number of carboxylic acids is 1. The standard InChI is InChI=1S/C14H15NO5/c1-8(16)10-6-15(7-13(17)18)11-4-9(19-2)5-12(20-3)14(10)11/h4-6H,7H2,1-3H3,(H,17,18). The first kappa shape index (κ1) is 13.9. The lowest BCUT2D eigenvalue weighted by molar-refractivity contribution is -0.137. The lowest BCUT2D eigenvalue weighted by Gasteiger charge is -2.08. The number of carboxylic acid groups (broad SMARTS) is 1. The van der Waals surface area contributed by atoms with Crippen molar-refractivity contribution < 1.29 is 24.2 Å². The zero-order chi connectivity index (χ0) is 14.9. The number of hydrogen-bond donors (Lipinski definition) is 1. The van der Waals surface area contributed by atoms with Gasteiger partial charge in [0.05, 0.1) is 25.1 Å². The summed E-state index contributed by atoms with van der Waals surface area (Å²) in [5.41, 5.74) is 1.02. The molecule has 1 aromatic heterocycles. The maximum Gasteiger partial charge on any atom is 0.323 e. The van der Waals surface area contributed by atoms with E-state index in [-0.39, 0.29) is 12.3 Å². The minimum atomic E-state index is -0.987. The first-order valence-electron chi connectivity index (χ1n) is 5.95. The molecule has 0 atom stereocenters. The van der Waals surface area contributed by atoms with Gasteiger partial charge < -0.3 is 19.1 Å². The molecule has 0 aliphatic heterocycles. The minimum Gasteiger partial charge on any atom is -0.497 e. The molecule has 0 radical (unpaired) electrons. The van der Waals surface area contributed by atoms with Crippen molar-refractivity contribution in [3.8, 4) is 11.5 Å². The first-order chi connectivity index (χ1) is 9.47. The molecule has 6 nitrogen and oxygen atoms in total. The molecule has 1 aromatic carbocycles. The summed E-state index contributed by atoms with van der Waals surface area (Å²) in [5, 5.41) is 9.56. The van der Waals surface area contributed by atoms with Crippen molar-refractivity contribution in [2.24, 2.45) is 0 Å². The number of ether oxygens (including phenoxy) is 2. The number of Topliss-reactive ketones (excluding diaryl/α,β-unsaturated/α-hetero) is 1. The predicted molar refractivity (Wildman–Crippen MR) is 72.7 cm³/mol. The number of methoxy groups -OCH3 is 2. The SMILES string of the molecule is COc1cc(OC)c2c(C(C)=O)cn(CC(=O)O)c2c1. The second-order valence-electron chi connectivity index (χ2n) is 4.34. The Morgan fingerprint density at radius 2 is 1.95 bits per heavy atom. The van der Waals surface area contributed by atoms with Crippen LogP contribution in [0.25, 0.3) is 10.9 Å².